The topological polar surface area (TPSA) is 56.8 Å². The maximum absolute atomic E-state index is 11.8. The van der Waals surface area contributed by atoms with Gasteiger partial charge >= 0.3 is 0 Å². The number of amides is 1. The van der Waals surface area contributed by atoms with E-state index in [1.165, 1.54) is 0 Å². The maximum atomic E-state index is 11.8. The smallest absolute Gasteiger partial charge is 0.231 e. The first-order chi connectivity index (χ1) is 11.3. The van der Waals surface area contributed by atoms with Gasteiger partial charge in [0.15, 0.2) is 11.5 Å². The largest absolute Gasteiger partial charge is 0.492 e. The Labute approximate surface area is 135 Å². The molecule has 23 heavy (non-hydrogen) atoms. The molecule has 0 aliphatic carbocycles. The molecule has 2 aromatic rings. The molecule has 0 aromatic heterocycles. The number of benzene rings is 2. The minimum Gasteiger partial charge on any atom is -0.492 e. The summed E-state index contributed by atoms with van der Waals surface area (Å²) in [7, 11) is 0. The monoisotopic (exact) mass is 313 g/mol. The van der Waals surface area contributed by atoms with Gasteiger partial charge in [-0.3, -0.25) is 4.79 Å². The highest BCUT2D eigenvalue weighted by Gasteiger charge is 2.13. The molecule has 0 spiro atoms. The van der Waals surface area contributed by atoms with Gasteiger partial charge in [-0.2, -0.15) is 0 Å². The Kier molecular flexibility index (Phi) is 4.99. The first-order valence-corrected chi connectivity index (χ1v) is 7.64. The molecular formula is C18H19NO4. The summed E-state index contributed by atoms with van der Waals surface area (Å²) in [5.41, 5.74) is 1.06. The Balaban J connectivity index is 1.35. The third-order valence-electron chi connectivity index (χ3n) is 3.51. The summed E-state index contributed by atoms with van der Waals surface area (Å²) in [4.78, 5) is 11.8. The quantitative estimate of drug-likeness (QED) is 0.798. The zero-order chi connectivity index (χ0) is 15.9. The number of fused-ring (bicyclic) bond motifs is 1. The zero-order valence-corrected chi connectivity index (χ0v) is 12.8. The minimum atomic E-state index is 0.0133. The molecular weight excluding hydrogens is 294 g/mol. The summed E-state index contributed by atoms with van der Waals surface area (Å²) in [5.74, 6) is 2.33. The van der Waals surface area contributed by atoms with Crippen LogP contribution in [0.15, 0.2) is 48.5 Å². The molecule has 2 aromatic carbocycles. The molecule has 1 heterocycles. The van der Waals surface area contributed by atoms with Gasteiger partial charge in [-0.15, -0.1) is 0 Å². The molecule has 1 N–H and O–H groups in total. The Morgan fingerprint density at radius 2 is 1.91 bits per heavy atom. The number of aryl methyl sites for hydroxylation is 1. The third kappa shape index (κ3) is 4.39. The van der Waals surface area contributed by atoms with E-state index in [4.69, 9.17) is 14.2 Å². The van der Waals surface area contributed by atoms with Crippen molar-refractivity contribution >= 4 is 5.91 Å². The number of carbonyl (C=O) groups excluding carboxylic acids is 1. The standard InChI is InChI=1S/C18H19NO4/c20-18(19-10-11-21-15-4-2-1-3-5-15)9-7-14-6-8-16-17(12-14)23-13-22-16/h1-6,8,12H,7,9-11,13H2,(H,19,20). The van der Waals surface area contributed by atoms with Gasteiger partial charge in [-0.05, 0) is 36.2 Å². The molecule has 0 saturated heterocycles. The zero-order valence-electron chi connectivity index (χ0n) is 12.8. The summed E-state index contributed by atoms with van der Waals surface area (Å²) in [6.07, 6.45) is 1.10. The number of carbonyl (C=O) groups is 1. The Morgan fingerprint density at radius 3 is 2.78 bits per heavy atom. The van der Waals surface area contributed by atoms with Gasteiger partial charge < -0.3 is 19.5 Å². The van der Waals surface area contributed by atoms with E-state index in [-0.39, 0.29) is 12.7 Å². The predicted molar refractivity (Wildman–Crippen MR) is 85.8 cm³/mol. The van der Waals surface area contributed by atoms with Crippen molar-refractivity contribution in [1.29, 1.82) is 0 Å². The van der Waals surface area contributed by atoms with Crippen LogP contribution in [-0.2, 0) is 11.2 Å². The first-order valence-electron chi connectivity index (χ1n) is 7.64. The van der Waals surface area contributed by atoms with Crippen LogP contribution in [0.5, 0.6) is 17.2 Å². The molecule has 3 rings (SSSR count). The lowest BCUT2D eigenvalue weighted by molar-refractivity contribution is -0.121. The molecule has 0 radical (unpaired) electrons. The van der Waals surface area contributed by atoms with Gasteiger partial charge in [-0.1, -0.05) is 24.3 Å². The van der Waals surface area contributed by atoms with Gasteiger partial charge in [0.2, 0.25) is 12.7 Å². The third-order valence-corrected chi connectivity index (χ3v) is 3.51. The molecule has 0 fully saturated rings. The molecule has 0 bridgehead atoms. The van der Waals surface area contributed by atoms with Crippen molar-refractivity contribution in [2.45, 2.75) is 12.8 Å². The van der Waals surface area contributed by atoms with Crippen molar-refractivity contribution in [2.24, 2.45) is 0 Å². The fourth-order valence-corrected chi connectivity index (χ4v) is 2.32. The van der Waals surface area contributed by atoms with Crippen LogP contribution in [0, 0.1) is 0 Å². The van der Waals surface area contributed by atoms with Gasteiger partial charge in [-0.25, -0.2) is 0 Å². The van der Waals surface area contributed by atoms with Crippen molar-refractivity contribution in [3.05, 3.63) is 54.1 Å². The van der Waals surface area contributed by atoms with E-state index < -0.39 is 0 Å². The van der Waals surface area contributed by atoms with Gasteiger partial charge in [0.25, 0.3) is 0 Å². The normalized spacial score (nSPS) is 12.0. The summed E-state index contributed by atoms with van der Waals surface area (Å²) < 4.78 is 16.1. The van der Waals surface area contributed by atoms with Gasteiger partial charge in [0.1, 0.15) is 12.4 Å². The van der Waals surface area contributed by atoms with E-state index in [9.17, 15) is 4.79 Å². The minimum absolute atomic E-state index is 0.0133. The molecule has 0 atom stereocenters. The fraction of sp³-hybridized carbons (Fsp3) is 0.278. The van der Waals surface area contributed by atoms with Crippen LogP contribution in [0.3, 0.4) is 0 Å². The maximum Gasteiger partial charge on any atom is 0.231 e. The average Bonchev–Trinajstić information content (AvgIpc) is 3.05. The van der Waals surface area contributed by atoms with E-state index >= 15 is 0 Å². The Bertz CT molecular complexity index is 657. The second-order valence-corrected chi connectivity index (χ2v) is 5.20. The van der Waals surface area contributed by atoms with Crippen LogP contribution in [0.25, 0.3) is 0 Å². The lowest BCUT2D eigenvalue weighted by Crippen LogP contribution is -2.28. The summed E-state index contributed by atoms with van der Waals surface area (Å²) in [6.45, 7) is 1.22. The summed E-state index contributed by atoms with van der Waals surface area (Å²) in [6, 6.07) is 15.3. The van der Waals surface area contributed by atoms with Gasteiger partial charge in [0, 0.05) is 6.42 Å². The number of rotatable bonds is 7. The lowest BCUT2D eigenvalue weighted by atomic mass is 10.1. The first kappa shape index (κ1) is 15.2. The van der Waals surface area contributed by atoms with E-state index in [1.54, 1.807) is 0 Å². The van der Waals surface area contributed by atoms with Crippen LogP contribution in [0.4, 0.5) is 0 Å². The van der Waals surface area contributed by atoms with Crippen molar-refractivity contribution in [1.82, 2.24) is 5.32 Å². The molecule has 0 saturated carbocycles. The number of nitrogens with one attached hydrogen (secondary N) is 1. The van der Waals surface area contributed by atoms with Crippen molar-refractivity contribution in [3.63, 3.8) is 0 Å². The molecule has 1 aliphatic rings. The molecule has 1 aliphatic heterocycles. The summed E-state index contributed by atoms with van der Waals surface area (Å²) in [5, 5.41) is 2.86. The number of hydrogen-bond donors (Lipinski definition) is 1. The number of hydrogen-bond acceptors (Lipinski definition) is 4. The van der Waals surface area contributed by atoms with E-state index in [1.807, 2.05) is 48.5 Å². The number of ether oxygens (including phenoxy) is 3. The van der Waals surface area contributed by atoms with Crippen molar-refractivity contribution in [3.8, 4) is 17.2 Å². The summed E-state index contributed by atoms with van der Waals surface area (Å²) >= 11 is 0. The van der Waals surface area contributed by atoms with E-state index in [0.29, 0.717) is 26.0 Å². The average molecular weight is 313 g/mol. The highest BCUT2D eigenvalue weighted by Crippen LogP contribution is 2.32. The Hall–Kier alpha value is -2.69. The van der Waals surface area contributed by atoms with E-state index in [2.05, 4.69) is 5.32 Å². The van der Waals surface area contributed by atoms with Crippen LogP contribution in [0.1, 0.15) is 12.0 Å². The van der Waals surface area contributed by atoms with Crippen LogP contribution >= 0.6 is 0 Å². The number of para-hydroxylation sites is 1. The highest BCUT2D eigenvalue weighted by atomic mass is 16.7. The van der Waals surface area contributed by atoms with Gasteiger partial charge in [0.05, 0.1) is 6.54 Å². The molecule has 5 nitrogen and oxygen atoms in total. The van der Waals surface area contributed by atoms with Crippen LogP contribution < -0.4 is 19.5 Å². The van der Waals surface area contributed by atoms with Crippen LogP contribution in [0.2, 0.25) is 0 Å². The van der Waals surface area contributed by atoms with E-state index in [0.717, 1.165) is 22.8 Å². The van der Waals surface area contributed by atoms with Crippen LogP contribution in [-0.4, -0.2) is 25.9 Å². The SMILES string of the molecule is O=C(CCc1ccc2c(c1)OCO2)NCCOc1ccccc1. The molecule has 1 amide bonds. The predicted octanol–water partition coefficient (Wildman–Crippen LogP) is 2.54. The molecule has 0 unspecified atom stereocenters. The van der Waals surface area contributed by atoms with Crippen molar-refractivity contribution in [2.75, 3.05) is 19.9 Å². The van der Waals surface area contributed by atoms with Crippen molar-refractivity contribution < 1.29 is 19.0 Å². The molecule has 120 valence electrons. The Morgan fingerprint density at radius 1 is 1.09 bits per heavy atom. The fourth-order valence-electron chi connectivity index (χ4n) is 2.32. The lowest BCUT2D eigenvalue weighted by Gasteiger charge is -2.08. The second-order valence-electron chi connectivity index (χ2n) is 5.20. The molecule has 5 heteroatoms. The highest BCUT2D eigenvalue weighted by molar-refractivity contribution is 5.76. The second kappa shape index (κ2) is 7.54.